The third-order valence-electron chi connectivity index (χ3n) is 4.18. The molecule has 0 saturated heterocycles. The molecule has 0 bridgehead atoms. The molecule has 3 rings (SSSR count). The summed E-state index contributed by atoms with van der Waals surface area (Å²) in [6, 6.07) is 18.3. The first kappa shape index (κ1) is 20.7. The number of benzene rings is 3. The second kappa shape index (κ2) is 8.99. The monoisotopic (exact) mass is 429 g/mol. The molecule has 2 N–H and O–H groups in total. The molecule has 148 valence electrons. The van der Waals surface area contributed by atoms with Crippen LogP contribution in [0.4, 0.5) is 5.69 Å². The van der Waals surface area contributed by atoms with Gasteiger partial charge in [-0.25, -0.2) is 4.79 Å². The smallest absolute Gasteiger partial charge is 0.338 e. The van der Waals surface area contributed by atoms with Crippen molar-refractivity contribution < 1.29 is 19.4 Å². The minimum atomic E-state index is -1.03. The van der Waals surface area contributed by atoms with Crippen LogP contribution in [0, 0.1) is 0 Å². The maximum Gasteiger partial charge on any atom is 0.338 e. The molecule has 1 atom stereocenters. The molecule has 29 heavy (non-hydrogen) atoms. The van der Waals surface area contributed by atoms with Crippen LogP contribution >= 0.6 is 23.2 Å². The summed E-state index contributed by atoms with van der Waals surface area (Å²) < 4.78 is 5.24. The van der Waals surface area contributed by atoms with E-state index in [1.165, 1.54) is 6.92 Å². The molecular weight excluding hydrogens is 413 g/mol. The van der Waals surface area contributed by atoms with Crippen LogP contribution in [0.15, 0.2) is 66.7 Å². The first-order chi connectivity index (χ1) is 13.8. The minimum Gasteiger partial charge on any atom is -0.508 e. The van der Waals surface area contributed by atoms with Crippen molar-refractivity contribution in [2.75, 3.05) is 5.32 Å². The largest absolute Gasteiger partial charge is 0.508 e. The van der Waals surface area contributed by atoms with Gasteiger partial charge in [0.1, 0.15) is 5.75 Å². The zero-order chi connectivity index (χ0) is 21.0. The van der Waals surface area contributed by atoms with Gasteiger partial charge in [0, 0.05) is 0 Å². The summed E-state index contributed by atoms with van der Waals surface area (Å²) >= 11 is 12.0. The topological polar surface area (TPSA) is 75.6 Å². The minimum absolute atomic E-state index is 0.181. The second-order valence-corrected chi connectivity index (χ2v) is 7.05. The number of hydrogen-bond donors (Lipinski definition) is 2. The number of amides is 1. The fourth-order valence-corrected chi connectivity index (χ4v) is 2.92. The Bertz CT molecular complexity index is 1030. The summed E-state index contributed by atoms with van der Waals surface area (Å²) in [5.74, 6) is -0.967. The number of phenols is 1. The summed E-state index contributed by atoms with van der Waals surface area (Å²) in [6.45, 7) is 1.47. The van der Waals surface area contributed by atoms with Gasteiger partial charge in [0.05, 0.1) is 21.3 Å². The number of carbonyl (C=O) groups is 2. The highest BCUT2D eigenvalue weighted by Crippen LogP contribution is 2.29. The number of anilines is 1. The van der Waals surface area contributed by atoms with Gasteiger partial charge in [0.25, 0.3) is 5.91 Å². The van der Waals surface area contributed by atoms with Crippen LogP contribution in [0.5, 0.6) is 5.75 Å². The van der Waals surface area contributed by atoms with Gasteiger partial charge in [0.2, 0.25) is 0 Å². The number of carbonyl (C=O) groups excluding carboxylic acids is 2. The summed E-state index contributed by atoms with van der Waals surface area (Å²) in [5.41, 5.74) is 2.43. The lowest BCUT2D eigenvalue weighted by molar-refractivity contribution is -0.123. The predicted octanol–water partition coefficient (Wildman–Crippen LogP) is 5.55. The summed E-state index contributed by atoms with van der Waals surface area (Å²) in [7, 11) is 0. The molecule has 0 fully saturated rings. The van der Waals surface area contributed by atoms with Gasteiger partial charge in [-0.3, -0.25) is 4.79 Å². The molecule has 1 amide bonds. The molecule has 7 heteroatoms. The van der Waals surface area contributed by atoms with E-state index >= 15 is 0 Å². The maximum atomic E-state index is 12.3. The fourth-order valence-electron chi connectivity index (χ4n) is 2.57. The highest BCUT2D eigenvalue weighted by Gasteiger charge is 2.20. The predicted molar refractivity (Wildman–Crippen MR) is 114 cm³/mol. The van der Waals surface area contributed by atoms with Crippen molar-refractivity contribution in [2.24, 2.45) is 0 Å². The molecule has 0 radical (unpaired) electrons. The highest BCUT2D eigenvalue weighted by atomic mass is 35.5. The Balaban J connectivity index is 1.63. The van der Waals surface area contributed by atoms with E-state index in [2.05, 4.69) is 5.32 Å². The lowest BCUT2D eigenvalue weighted by Gasteiger charge is -2.14. The van der Waals surface area contributed by atoms with E-state index in [0.717, 1.165) is 11.1 Å². The van der Waals surface area contributed by atoms with E-state index in [9.17, 15) is 14.7 Å². The van der Waals surface area contributed by atoms with Crippen molar-refractivity contribution in [2.45, 2.75) is 13.0 Å². The van der Waals surface area contributed by atoms with Gasteiger partial charge in [0.15, 0.2) is 6.10 Å². The van der Waals surface area contributed by atoms with E-state index in [4.69, 9.17) is 27.9 Å². The number of phenolic OH excluding ortho intramolecular Hbond substituents is 1. The molecule has 0 aromatic heterocycles. The third-order valence-corrected chi connectivity index (χ3v) is 5.00. The van der Waals surface area contributed by atoms with E-state index in [1.807, 2.05) is 0 Å². The van der Waals surface area contributed by atoms with Crippen molar-refractivity contribution >= 4 is 40.8 Å². The summed E-state index contributed by atoms with van der Waals surface area (Å²) in [5, 5.41) is 12.5. The van der Waals surface area contributed by atoms with E-state index in [0.29, 0.717) is 16.3 Å². The number of rotatable bonds is 5. The van der Waals surface area contributed by atoms with Crippen LogP contribution in [0.25, 0.3) is 11.1 Å². The van der Waals surface area contributed by atoms with Crippen molar-refractivity contribution in [3.63, 3.8) is 0 Å². The van der Waals surface area contributed by atoms with Crippen LogP contribution in [0.1, 0.15) is 17.3 Å². The lowest BCUT2D eigenvalue weighted by Crippen LogP contribution is -2.30. The van der Waals surface area contributed by atoms with Gasteiger partial charge >= 0.3 is 5.97 Å². The first-order valence-corrected chi connectivity index (χ1v) is 9.46. The average Bonchev–Trinajstić information content (AvgIpc) is 2.72. The summed E-state index contributed by atoms with van der Waals surface area (Å²) in [4.78, 5) is 24.6. The van der Waals surface area contributed by atoms with Gasteiger partial charge in [-0.15, -0.1) is 0 Å². The molecule has 0 heterocycles. The number of aromatic hydroxyl groups is 1. The number of hydrogen-bond acceptors (Lipinski definition) is 4. The molecule has 1 unspecified atom stereocenters. The molecule has 0 aliphatic rings. The molecule has 3 aromatic rings. The van der Waals surface area contributed by atoms with Crippen LogP contribution in [-0.4, -0.2) is 23.1 Å². The third kappa shape index (κ3) is 5.08. The zero-order valence-electron chi connectivity index (χ0n) is 15.4. The second-order valence-electron chi connectivity index (χ2n) is 6.26. The molecule has 0 aliphatic heterocycles. The molecule has 5 nitrogen and oxygen atoms in total. The maximum absolute atomic E-state index is 12.3. The molecule has 0 spiro atoms. The van der Waals surface area contributed by atoms with Crippen molar-refractivity contribution in [3.8, 4) is 16.9 Å². The normalized spacial score (nSPS) is 11.6. The first-order valence-electron chi connectivity index (χ1n) is 8.70. The van der Waals surface area contributed by atoms with E-state index in [-0.39, 0.29) is 10.8 Å². The van der Waals surface area contributed by atoms with Crippen molar-refractivity contribution in [3.05, 3.63) is 82.3 Å². The molecule has 0 saturated carbocycles. The quantitative estimate of drug-likeness (QED) is 0.521. The van der Waals surface area contributed by atoms with Crippen LogP contribution in [0.3, 0.4) is 0 Å². The molecule has 3 aromatic carbocycles. The van der Waals surface area contributed by atoms with Gasteiger partial charge < -0.3 is 15.2 Å². The summed E-state index contributed by atoms with van der Waals surface area (Å²) in [6.07, 6.45) is -1.03. The fraction of sp³-hybridized carbons (Fsp3) is 0.0909. The number of ether oxygens (including phenoxy) is 1. The number of esters is 1. The van der Waals surface area contributed by atoms with Gasteiger partial charge in [-0.2, -0.15) is 0 Å². The molecule has 0 aliphatic carbocycles. The van der Waals surface area contributed by atoms with E-state index in [1.54, 1.807) is 66.7 Å². The zero-order valence-corrected chi connectivity index (χ0v) is 16.9. The number of halogens is 2. The van der Waals surface area contributed by atoms with Crippen molar-refractivity contribution in [1.29, 1.82) is 0 Å². The van der Waals surface area contributed by atoms with Gasteiger partial charge in [-0.05, 0) is 54.4 Å². The van der Waals surface area contributed by atoms with Crippen LogP contribution in [-0.2, 0) is 9.53 Å². The average molecular weight is 430 g/mol. The van der Waals surface area contributed by atoms with E-state index < -0.39 is 18.0 Å². The van der Waals surface area contributed by atoms with Crippen LogP contribution in [0.2, 0.25) is 10.0 Å². The Hall–Kier alpha value is -3.02. The lowest BCUT2D eigenvalue weighted by atomic mass is 10.0. The Morgan fingerprint density at radius 2 is 1.52 bits per heavy atom. The Morgan fingerprint density at radius 3 is 2.14 bits per heavy atom. The highest BCUT2D eigenvalue weighted by molar-refractivity contribution is 6.44. The number of nitrogens with one attached hydrogen (secondary N) is 1. The SMILES string of the molecule is CC(OC(=O)c1ccc(-c2ccc(O)cc2)cc1)C(=O)Nc1cccc(Cl)c1Cl. The van der Waals surface area contributed by atoms with Crippen molar-refractivity contribution in [1.82, 2.24) is 0 Å². The standard InChI is InChI=1S/C22H17Cl2NO4/c1-13(21(27)25-19-4-2-3-18(23)20(19)24)29-22(28)16-7-5-14(6-8-16)15-9-11-17(26)12-10-15/h2-13,26H,1H3,(H,25,27). The van der Waals surface area contributed by atoms with Gasteiger partial charge in [-0.1, -0.05) is 53.5 Å². The Kier molecular flexibility index (Phi) is 6.42. The Morgan fingerprint density at radius 1 is 0.931 bits per heavy atom. The Labute approximate surface area is 177 Å². The molecular formula is C22H17Cl2NO4. The van der Waals surface area contributed by atoms with Crippen LogP contribution < -0.4 is 5.32 Å².